The number of alkyl halides is 3. The van der Waals surface area contributed by atoms with Gasteiger partial charge in [0.25, 0.3) is 0 Å². The van der Waals surface area contributed by atoms with Gasteiger partial charge in [-0.2, -0.15) is 13.2 Å². The molecule has 0 saturated heterocycles. The fraction of sp³-hybridized carbons (Fsp3) is 0.778. The Bertz CT molecular complexity index is 389. The Labute approximate surface area is 101 Å². The predicted octanol–water partition coefficient (Wildman–Crippen LogP) is 2.39. The second-order valence-electron chi connectivity index (χ2n) is 3.92. The van der Waals surface area contributed by atoms with Crippen molar-refractivity contribution in [2.75, 3.05) is 13.2 Å². The third-order valence-electron chi connectivity index (χ3n) is 2.40. The Kier molecular flexibility index (Phi) is 3.58. The van der Waals surface area contributed by atoms with Crippen molar-refractivity contribution < 1.29 is 17.9 Å². The van der Waals surface area contributed by atoms with E-state index in [1.807, 2.05) is 0 Å². The van der Waals surface area contributed by atoms with Crippen LogP contribution in [-0.2, 0) is 11.3 Å². The van der Waals surface area contributed by atoms with Gasteiger partial charge >= 0.3 is 6.18 Å². The van der Waals surface area contributed by atoms with Gasteiger partial charge in [0.2, 0.25) is 5.28 Å². The van der Waals surface area contributed by atoms with Gasteiger partial charge in [0.1, 0.15) is 12.4 Å². The predicted molar refractivity (Wildman–Crippen MR) is 53.9 cm³/mol. The SMILES string of the molecule is FC(F)(F)COCCn1c(Cl)nnc1C1CC1. The van der Waals surface area contributed by atoms with Crippen LogP contribution in [0, 0.1) is 0 Å². The topological polar surface area (TPSA) is 39.9 Å². The van der Waals surface area contributed by atoms with Crippen LogP contribution < -0.4 is 0 Å². The zero-order valence-corrected chi connectivity index (χ0v) is 9.63. The molecule has 0 unspecified atom stereocenters. The first-order chi connectivity index (χ1) is 7.97. The van der Waals surface area contributed by atoms with Gasteiger partial charge in [0.05, 0.1) is 13.2 Å². The Balaban J connectivity index is 1.84. The molecule has 0 atom stereocenters. The standard InChI is InChI=1S/C9H11ClF3N3O/c10-8-15-14-7(6-1-2-6)16(8)3-4-17-5-9(11,12)13/h6H,1-5H2. The van der Waals surface area contributed by atoms with Gasteiger partial charge in [0, 0.05) is 5.92 Å². The van der Waals surface area contributed by atoms with E-state index in [1.54, 1.807) is 4.57 Å². The molecule has 1 aromatic rings. The monoisotopic (exact) mass is 269 g/mol. The molecule has 1 saturated carbocycles. The summed E-state index contributed by atoms with van der Waals surface area (Å²) in [5.74, 6) is 1.09. The summed E-state index contributed by atoms with van der Waals surface area (Å²) in [6.07, 6.45) is -2.24. The van der Waals surface area contributed by atoms with Crippen LogP contribution in [0.15, 0.2) is 0 Å². The summed E-state index contributed by atoms with van der Waals surface area (Å²) < 4.78 is 41.6. The molecule has 1 aliphatic carbocycles. The number of ether oxygens (including phenoxy) is 1. The molecule has 0 aromatic carbocycles. The quantitative estimate of drug-likeness (QED) is 0.771. The van der Waals surface area contributed by atoms with Crippen LogP contribution in [0.25, 0.3) is 0 Å². The maximum atomic E-state index is 11.8. The summed E-state index contributed by atoms with van der Waals surface area (Å²) in [5.41, 5.74) is 0. The van der Waals surface area contributed by atoms with Gasteiger partial charge in [-0.3, -0.25) is 4.57 Å². The smallest absolute Gasteiger partial charge is 0.370 e. The maximum Gasteiger partial charge on any atom is 0.411 e. The van der Waals surface area contributed by atoms with Gasteiger partial charge in [-0.25, -0.2) is 0 Å². The average Bonchev–Trinajstić information content (AvgIpc) is 2.98. The Morgan fingerprint density at radius 3 is 2.65 bits per heavy atom. The number of aromatic nitrogens is 3. The zero-order valence-electron chi connectivity index (χ0n) is 8.87. The first kappa shape index (κ1) is 12.6. The molecule has 0 aliphatic heterocycles. The lowest BCUT2D eigenvalue weighted by atomic mass is 10.4. The van der Waals surface area contributed by atoms with E-state index in [1.165, 1.54) is 0 Å². The molecule has 1 fully saturated rings. The Hall–Kier alpha value is -0.820. The molecule has 8 heteroatoms. The van der Waals surface area contributed by atoms with E-state index in [-0.39, 0.29) is 18.4 Å². The molecule has 0 N–H and O–H groups in total. The Morgan fingerprint density at radius 1 is 1.35 bits per heavy atom. The molecule has 4 nitrogen and oxygen atoms in total. The fourth-order valence-electron chi connectivity index (χ4n) is 1.49. The van der Waals surface area contributed by atoms with E-state index >= 15 is 0 Å². The fourth-order valence-corrected chi connectivity index (χ4v) is 1.70. The van der Waals surface area contributed by atoms with Crippen LogP contribution >= 0.6 is 11.6 Å². The van der Waals surface area contributed by atoms with Gasteiger partial charge in [-0.05, 0) is 24.4 Å². The highest BCUT2D eigenvalue weighted by atomic mass is 35.5. The number of rotatable bonds is 5. The van der Waals surface area contributed by atoms with Crippen molar-refractivity contribution in [3.05, 3.63) is 11.1 Å². The lowest BCUT2D eigenvalue weighted by Gasteiger charge is -2.09. The van der Waals surface area contributed by atoms with Crippen LogP contribution in [0.5, 0.6) is 0 Å². The number of hydrogen-bond donors (Lipinski definition) is 0. The van der Waals surface area contributed by atoms with E-state index in [4.69, 9.17) is 11.6 Å². The molecule has 0 spiro atoms. The molecule has 1 heterocycles. The minimum atomic E-state index is -4.30. The van der Waals surface area contributed by atoms with E-state index in [0.29, 0.717) is 5.92 Å². The van der Waals surface area contributed by atoms with E-state index in [2.05, 4.69) is 14.9 Å². The van der Waals surface area contributed by atoms with Crippen molar-refractivity contribution >= 4 is 11.6 Å². The number of halogens is 4. The van der Waals surface area contributed by atoms with Crippen LogP contribution in [-0.4, -0.2) is 34.2 Å². The van der Waals surface area contributed by atoms with Crippen LogP contribution in [0.4, 0.5) is 13.2 Å². The van der Waals surface area contributed by atoms with Crippen molar-refractivity contribution in [3.8, 4) is 0 Å². The highest BCUT2D eigenvalue weighted by Crippen LogP contribution is 2.39. The number of hydrogen-bond acceptors (Lipinski definition) is 3. The third-order valence-corrected chi connectivity index (χ3v) is 2.68. The number of nitrogens with zero attached hydrogens (tertiary/aromatic N) is 3. The van der Waals surface area contributed by atoms with Crippen LogP contribution in [0.1, 0.15) is 24.6 Å². The van der Waals surface area contributed by atoms with Gasteiger partial charge in [0.15, 0.2) is 0 Å². The van der Waals surface area contributed by atoms with Gasteiger partial charge in [-0.1, -0.05) is 0 Å². The lowest BCUT2D eigenvalue weighted by Crippen LogP contribution is -2.19. The van der Waals surface area contributed by atoms with Crippen molar-refractivity contribution in [2.24, 2.45) is 0 Å². The molecule has 0 radical (unpaired) electrons. The highest BCUT2D eigenvalue weighted by Gasteiger charge is 2.30. The second kappa shape index (κ2) is 4.81. The summed E-state index contributed by atoms with van der Waals surface area (Å²) in [6.45, 7) is -1.06. The minimum Gasteiger partial charge on any atom is -0.370 e. The molecular weight excluding hydrogens is 259 g/mol. The summed E-state index contributed by atoms with van der Waals surface area (Å²) >= 11 is 5.80. The van der Waals surface area contributed by atoms with Crippen molar-refractivity contribution in [1.82, 2.24) is 14.8 Å². The van der Waals surface area contributed by atoms with Crippen LogP contribution in [0.3, 0.4) is 0 Å². The molecule has 1 aromatic heterocycles. The van der Waals surface area contributed by atoms with Gasteiger partial charge in [-0.15, -0.1) is 10.2 Å². The van der Waals surface area contributed by atoms with Crippen LogP contribution in [0.2, 0.25) is 5.28 Å². The lowest BCUT2D eigenvalue weighted by molar-refractivity contribution is -0.174. The maximum absolute atomic E-state index is 11.8. The van der Waals surface area contributed by atoms with E-state index in [0.717, 1.165) is 18.7 Å². The normalized spacial score (nSPS) is 16.5. The molecule has 96 valence electrons. The van der Waals surface area contributed by atoms with Crippen molar-refractivity contribution in [2.45, 2.75) is 31.5 Å². The molecule has 2 rings (SSSR count). The first-order valence-electron chi connectivity index (χ1n) is 5.20. The Morgan fingerprint density at radius 2 is 2.06 bits per heavy atom. The molecule has 17 heavy (non-hydrogen) atoms. The zero-order chi connectivity index (χ0) is 12.5. The third kappa shape index (κ3) is 3.57. The molecule has 0 amide bonds. The van der Waals surface area contributed by atoms with Crippen molar-refractivity contribution in [3.63, 3.8) is 0 Å². The average molecular weight is 270 g/mol. The molecule has 0 bridgehead atoms. The second-order valence-corrected chi connectivity index (χ2v) is 4.26. The van der Waals surface area contributed by atoms with E-state index < -0.39 is 12.8 Å². The van der Waals surface area contributed by atoms with Gasteiger partial charge < -0.3 is 4.74 Å². The van der Waals surface area contributed by atoms with Crippen molar-refractivity contribution in [1.29, 1.82) is 0 Å². The largest absolute Gasteiger partial charge is 0.411 e. The molecular formula is C9H11ClF3N3O. The van der Waals surface area contributed by atoms with E-state index in [9.17, 15) is 13.2 Å². The summed E-state index contributed by atoms with van der Waals surface area (Å²) in [6, 6.07) is 0. The summed E-state index contributed by atoms with van der Waals surface area (Å²) in [5, 5.41) is 7.81. The summed E-state index contributed by atoms with van der Waals surface area (Å²) in [7, 11) is 0. The first-order valence-corrected chi connectivity index (χ1v) is 5.58. The summed E-state index contributed by atoms with van der Waals surface area (Å²) in [4.78, 5) is 0. The highest BCUT2D eigenvalue weighted by molar-refractivity contribution is 6.28. The molecule has 1 aliphatic rings. The minimum absolute atomic E-state index is 0.0585.